The van der Waals surface area contributed by atoms with Crippen LogP contribution in [0.4, 0.5) is 11.4 Å². The molecular formula is C24H26N4O4S. The van der Waals surface area contributed by atoms with E-state index in [0.29, 0.717) is 22.5 Å². The Morgan fingerprint density at radius 2 is 1.52 bits per heavy atom. The smallest absolute Gasteiger partial charge is 0.246 e. The number of carbonyl (C=O) groups excluding carboxylic acids is 2. The van der Waals surface area contributed by atoms with Crippen LogP contribution in [0.3, 0.4) is 0 Å². The molecule has 3 rings (SSSR count). The second-order valence-electron chi connectivity index (χ2n) is 7.59. The lowest BCUT2D eigenvalue weighted by atomic mass is 10.1. The van der Waals surface area contributed by atoms with E-state index in [1.165, 1.54) is 12.1 Å². The van der Waals surface area contributed by atoms with Crippen LogP contribution in [0.5, 0.6) is 0 Å². The van der Waals surface area contributed by atoms with E-state index in [-0.39, 0.29) is 17.3 Å². The van der Waals surface area contributed by atoms with Crippen LogP contribution in [0.25, 0.3) is 0 Å². The van der Waals surface area contributed by atoms with Crippen molar-refractivity contribution in [3.63, 3.8) is 0 Å². The Hall–Kier alpha value is -3.53. The summed E-state index contributed by atoms with van der Waals surface area (Å²) in [4.78, 5) is 25.5. The van der Waals surface area contributed by atoms with Crippen LogP contribution in [-0.4, -0.2) is 26.8 Å². The maximum absolute atomic E-state index is 13.0. The maximum atomic E-state index is 13.0. The largest absolute Gasteiger partial charge is 0.325 e. The van der Waals surface area contributed by atoms with Crippen molar-refractivity contribution in [1.82, 2.24) is 5.32 Å². The fourth-order valence-electron chi connectivity index (χ4n) is 3.25. The molecule has 0 saturated carbocycles. The Bertz CT molecular complexity index is 1250. The quantitative estimate of drug-likeness (QED) is 0.406. The highest BCUT2D eigenvalue weighted by atomic mass is 32.2. The lowest BCUT2D eigenvalue weighted by Gasteiger charge is -2.19. The minimum absolute atomic E-state index is 0.0849. The van der Waals surface area contributed by atoms with E-state index in [9.17, 15) is 18.0 Å². The van der Waals surface area contributed by atoms with Gasteiger partial charge in [-0.25, -0.2) is 13.6 Å². The molecule has 0 fully saturated rings. The molecule has 0 heterocycles. The monoisotopic (exact) mass is 466 g/mol. The molecule has 0 radical (unpaired) electrons. The third-order valence-corrected chi connectivity index (χ3v) is 6.04. The van der Waals surface area contributed by atoms with Crippen LogP contribution in [-0.2, 0) is 19.6 Å². The van der Waals surface area contributed by atoms with Crippen molar-refractivity contribution < 1.29 is 18.0 Å². The van der Waals surface area contributed by atoms with Crippen LogP contribution in [0, 0.1) is 13.8 Å². The first kappa shape index (κ1) is 24.1. The van der Waals surface area contributed by atoms with E-state index < -0.39 is 22.0 Å². The summed E-state index contributed by atoms with van der Waals surface area (Å²) in [6, 6.07) is 20.1. The van der Waals surface area contributed by atoms with Crippen molar-refractivity contribution in [2.45, 2.75) is 24.8 Å². The summed E-state index contributed by atoms with van der Waals surface area (Å²) in [6.07, 6.45) is 0. The molecular weight excluding hydrogens is 440 g/mol. The van der Waals surface area contributed by atoms with Gasteiger partial charge in [-0.2, -0.15) is 0 Å². The zero-order valence-electron chi connectivity index (χ0n) is 18.3. The molecule has 0 bridgehead atoms. The molecule has 33 heavy (non-hydrogen) atoms. The van der Waals surface area contributed by atoms with Gasteiger partial charge in [0.05, 0.1) is 11.4 Å². The van der Waals surface area contributed by atoms with Crippen LogP contribution >= 0.6 is 0 Å². The molecule has 0 aromatic heterocycles. The minimum Gasteiger partial charge on any atom is -0.325 e. The van der Waals surface area contributed by atoms with E-state index in [2.05, 4.69) is 16.0 Å². The Morgan fingerprint density at radius 3 is 2.12 bits per heavy atom. The Labute approximate surface area is 193 Å². The van der Waals surface area contributed by atoms with Crippen LogP contribution in [0.15, 0.2) is 77.7 Å². The first-order valence-corrected chi connectivity index (χ1v) is 11.8. The maximum Gasteiger partial charge on any atom is 0.246 e. The number of amides is 2. The molecule has 3 aromatic rings. The summed E-state index contributed by atoms with van der Waals surface area (Å²) < 4.78 is 23.5. The molecule has 2 amide bonds. The number of anilines is 2. The minimum atomic E-state index is -3.92. The average Bonchev–Trinajstić information content (AvgIpc) is 2.77. The van der Waals surface area contributed by atoms with Crippen molar-refractivity contribution in [2.24, 2.45) is 5.14 Å². The topological polar surface area (TPSA) is 130 Å². The zero-order valence-corrected chi connectivity index (χ0v) is 19.1. The fraction of sp³-hybridized carbons (Fsp3) is 0.167. The molecule has 3 aromatic carbocycles. The number of para-hydroxylation sites is 1. The molecule has 0 spiro atoms. The third kappa shape index (κ3) is 6.48. The summed E-state index contributed by atoms with van der Waals surface area (Å²) >= 11 is 0. The highest BCUT2D eigenvalue weighted by Crippen LogP contribution is 2.23. The molecule has 0 aliphatic carbocycles. The Morgan fingerprint density at radius 1 is 0.909 bits per heavy atom. The highest BCUT2D eigenvalue weighted by Gasteiger charge is 2.22. The van der Waals surface area contributed by atoms with E-state index in [1.807, 2.05) is 36.4 Å². The van der Waals surface area contributed by atoms with Gasteiger partial charge in [0, 0.05) is 11.4 Å². The second-order valence-corrected chi connectivity index (χ2v) is 9.15. The van der Waals surface area contributed by atoms with Gasteiger partial charge in [0.15, 0.2) is 0 Å². The number of nitrogens with two attached hydrogens (primary N) is 1. The molecule has 0 aliphatic rings. The molecule has 9 heteroatoms. The van der Waals surface area contributed by atoms with Crippen LogP contribution < -0.4 is 21.1 Å². The molecule has 8 nitrogen and oxygen atoms in total. The van der Waals surface area contributed by atoms with Crippen LogP contribution in [0.2, 0.25) is 0 Å². The lowest BCUT2D eigenvalue weighted by Crippen LogP contribution is -2.38. The van der Waals surface area contributed by atoms with E-state index in [1.54, 1.807) is 38.1 Å². The summed E-state index contributed by atoms with van der Waals surface area (Å²) in [6.45, 7) is 3.32. The molecule has 0 aliphatic heterocycles. The van der Waals surface area contributed by atoms with Gasteiger partial charge < -0.3 is 10.6 Å². The summed E-state index contributed by atoms with van der Waals surface area (Å²) in [5.74, 6) is -0.749. The Kier molecular flexibility index (Phi) is 7.59. The number of hydrogen-bond acceptors (Lipinski definition) is 5. The molecule has 172 valence electrons. The van der Waals surface area contributed by atoms with Crippen molar-refractivity contribution in [3.05, 3.63) is 89.5 Å². The van der Waals surface area contributed by atoms with E-state index in [4.69, 9.17) is 5.14 Å². The number of aryl methyl sites for hydroxylation is 1. The highest BCUT2D eigenvalue weighted by molar-refractivity contribution is 7.89. The zero-order chi connectivity index (χ0) is 24.0. The van der Waals surface area contributed by atoms with Gasteiger partial charge in [0.25, 0.3) is 0 Å². The lowest BCUT2D eigenvalue weighted by molar-refractivity contribution is -0.119. The number of hydrogen-bond donors (Lipinski definition) is 4. The molecule has 0 saturated heterocycles. The molecule has 0 unspecified atom stereocenters. The number of carbonyl (C=O) groups is 2. The second kappa shape index (κ2) is 10.4. The van der Waals surface area contributed by atoms with E-state index >= 15 is 0 Å². The SMILES string of the molecule is Cc1cc(S(N)(=O)=O)cc(NC(=O)CN[C@H](C(=O)Nc2ccccc2)c2ccccc2)c1C. The number of sulfonamides is 1. The summed E-state index contributed by atoms with van der Waals surface area (Å²) in [5.41, 5.74) is 3.07. The van der Waals surface area contributed by atoms with Gasteiger partial charge in [-0.1, -0.05) is 48.5 Å². The van der Waals surface area contributed by atoms with Crippen molar-refractivity contribution >= 4 is 33.2 Å². The standard InChI is InChI=1S/C24H26N4O4S/c1-16-13-20(33(25,31)32)14-21(17(16)2)28-22(29)15-26-23(18-9-5-3-6-10-18)24(30)27-19-11-7-4-8-12-19/h3-14,23,26H,15H2,1-2H3,(H,27,30)(H,28,29)(H2,25,31,32)/t23-/m0/s1. The number of benzene rings is 3. The number of primary sulfonamides is 1. The van der Waals surface area contributed by atoms with Gasteiger partial charge in [-0.15, -0.1) is 0 Å². The third-order valence-electron chi connectivity index (χ3n) is 5.15. The molecule has 5 N–H and O–H groups in total. The fourth-order valence-corrected chi connectivity index (χ4v) is 3.88. The predicted molar refractivity (Wildman–Crippen MR) is 128 cm³/mol. The number of rotatable bonds is 8. The van der Waals surface area contributed by atoms with Crippen molar-refractivity contribution in [2.75, 3.05) is 17.2 Å². The summed E-state index contributed by atoms with van der Waals surface area (Å²) in [5, 5.41) is 13.8. The first-order valence-electron chi connectivity index (χ1n) is 10.2. The van der Waals surface area contributed by atoms with Crippen molar-refractivity contribution in [1.29, 1.82) is 0 Å². The van der Waals surface area contributed by atoms with Gasteiger partial charge >= 0.3 is 0 Å². The first-order chi connectivity index (χ1) is 15.6. The van der Waals surface area contributed by atoms with Crippen LogP contribution in [0.1, 0.15) is 22.7 Å². The van der Waals surface area contributed by atoms with E-state index in [0.717, 1.165) is 5.56 Å². The average molecular weight is 467 g/mol. The predicted octanol–water partition coefficient (Wildman–Crippen LogP) is 2.86. The van der Waals surface area contributed by atoms with Gasteiger partial charge in [-0.05, 0) is 54.8 Å². The van der Waals surface area contributed by atoms with Gasteiger partial charge in [0.2, 0.25) is 21.8 Å². The Balaban J connectivity index is 1.75. The van der Waals surface area contributed by atoms with Gasteiger partial charge in [0.1, 0.15) is 6.04 Å². The number of nitrogens with one attached hydrogen (secondary N) is 3. The van der Waals surface area contributed by atoms with Crippen molar-refractivity contribution in [3.8, 4) is 0 Å². The normalized spacial score (nSPS) is 12.1. The van der Waals surface area contributed by atoms with Gasteiger partial charge in [-0.3, -0.25) is 14.9 Å². The molecule has 1 atom stereocenters. The summed E-state index contributed by atoms with van der Waals surface area (Å²) in [7, 11) is -3.92.